The van der Waals surface area contributed by atoms with Crippen LogP contribution >= 0.6 is 0 Å². The summed E-state index contributed by atoms with van der Waals surface area (Å²) in [7, 11) is 0. The second-order valence-electron chi connectivity index (χ2n) is 3.89. The van der Waals surface area contributed by atoms with Crippen LogP contribution in [-0.2, 0) is 0 Å². The van der Waals surface area contributed by atoms with E-state index in [-0.39, 0.29) is 11.6 Å². The molecular weight excluding hydrogens is 236 g/mol. The first-order valence-corrected chi connectivity index (χ1v) is 5.74. The number of aliphatic hydroxyl groups is 1. The first kappa shape index (κ1) is 14.4. The lowest BCUT2D eigenvalue weighted by Crippen LogP contribution is -2.30. The third-order valence-corrected chi connectivity index (χ3v) is 2.47. The molecule has 0 fully saturated rings. The molecule has 1 atom stereocenters. The third kappa shape index (κ3) is 5.13. The van der Waals surface area contributed by atoms with Gasteiger partial charge in [-0.05, 0) is 18.5 Å². The SMILES string of the molecule is O=C(O)N(O)CCCNCC(O)c1ccccc1. The zero-order chi connectivity index (χ0) is 13.4. The molecule has 0 aliphatic rings. The molecule has 1 amide bonds. The maximum Gasteiger partial charge on any atom is 0.431 e. The van der Waals surface area contributed by atoms with Crippen LogP contribution in [0.1, 0.15) is 18.1 Å². The number of carboxylic acid groups (broad SMARTS) is 1. The number of carbonyl (C=O) groups is 1. The van der Waals surface area contributed by atoms with E-state index in [9.17, 15) is 9.90 Å². The molecular formula is C12H18N2O4. The van der Waals surface area contributed by atoms with Gasteiger partial charge in [0.2, 0.25) is 0 Å². The van der Waals surface area contributed by atoms with Gasteiger partial charge in [-0.25, -0.2) is 4.79 Å². The van der Waals surface area contributed by atoms with Gasteiger partial charge >= 0.3 is 6.09 Å². The summed E-state index contributed by atoms with van der Waals surface area (Å²) in [6, 6.07) is 9.27. The Labute approximate surface area is 105 Å². The lowest BCUT2D eigenvalue weighted by molar-refractivity contribution is -0.0640. The number of aliphatic hydroxyl groups excluding tert-OH is 1. The summed E-state index contributed by atoms with van der Waals surface area (Å²) in [5.41, 5.74) is 0.833. The molecule has 1 unspecified atom stereocenters. The van der Waals surface area contributed by atoms with Crippen LogP contribution in [0.25, 0.3) is 0 Å². The summed E-state index contributed by atoms with van der Waals surface area (Å²) in [4.78, 5) is 10.3. The number of hydrogen-bond donors (Lipinski definition) is 4. The van der Waals surface area contributed by atoms with E-state index in [1.807, 2.05) is 30.3 Å². The van der Waals surface area contributed by atoms with Crippen molar-refractivity contribution in [1.29, 1.82) is 0 Å². The molecule has 0 heterocycles. The van der Waals surface area contributed by atoms with Crippen molar-refractivity contribution in [3.63, 3.8) is 0 Å². The van der Waals surface area contributed by atoms with E-state index in [4.69, 9.17) is 10.3 Å². The summed E-state index contributed by atoms with van der Waals surface area (Å²) in [6.07, 6.45) is -1.47. The molecule has 0 aromatic heterocycles. The number of nitrogens with one attached hydrogen (secondary N) is 1. The molecule has 18 heavy (non-hydrogen) atoms. The van der Waals surface area contributed by atoms with Gasteiger partial charge in [-0.1, -0.05) is 30.3 Å². The monoisotopic (exact) mass is 254 g/mol. The lowest BCUT2D eigenvalue weighted by Gasteiger charge is -2.13. The summed E-state index contributed by atoms with van der Waals surface area (Å²) in [6.45, 7) is 0.959. The number of amides is 1. The van der Waals surface area contributed by atoms with E-state index in [2.05, 4.69) is 5.32 Å². The predicted octanol–water partition coefficient (Wildman–Crippen LogP) is 1.07. The van der Waals surface area contributed by atoms with Crippen LogP contribution in [0.3, 0.4) is 0 Å². The van der Waals surface area contributed by atoms with Crippen LogP contribution in [0.4, 0.5) is 4.79 Å². The summed E-state index contributed by atoms with van der Waals surface area (Å²) >= 11 is 0. The second kappa shape index (κ2) is 7.65. The summed E-state index contributed by atoms with van der Waals surface area (Å²) < 4.78 is 0. The quantitative estimate of drug-likeness (QED) is 0.332. The molecule has 0 radical (unpaired) electrons. The van der Waals surface area contributed by atoms with Crippen LogP contribution in [0.5, 0.6) is 0 Å². The Morgan fingerprint density at radius 1 is 1.33 bits per heavy atom. The third-order valence-electron chi connectivity index (χ3n) is 2.47. The second-order valence-corrected chi connectivity index (χ2v) is 3.89. The Balaban J connectivity index is 2.13. The van der Waals surface area contributed by atoms with Gasteiger partial charge in [-0.3, -0.25) is 5.21 Å². The number of hydroxylamine groups is 2. The Morgan fingerprint density at radius 2 is 2.00 bits per heavy atom. The molecule has 0 saturated carbocycles. The van der Waals surface area contributed by atoms with Crippen molar-refractivity contribution < 1.29 is 20.2 Å². The van der Waals surface area contributed by atoms with Crippen molar-refractivity contribution in [3.8, 4) is 0 Å². The van der Waals surface area contributed by atoms with Crippen LogP contribution < -0.4 is 5.32 Å². The molecule has 1 aromatic rings. The Hall–Kier alpha value is -1.63. The fourth-order valence-corrected chi connectivity index (χ4v) is 1.48. The normalized spacial score (nSPS) is 12.1. The van der Waals surface area contributed by atoms with Gasteiger partial charge < -0.3 is 15.5 Å². The number of hydrogen-bond acceptors (Lipinski definition) is 4. The highest BCUT2D eigenvalue weighted by Gasteiger charge is 2.08. The number of nitrogens with zero attached hydrogens (tertiary/aromatic N) is 1. The molecule has 100 valence electrons. The van der Waals surface area contributed by atoms with E-state index < -0.39 is 12.2 Å². The Morgan fingerprint density at radius 3 is 2.61 bits per heavy atom. The maximum absolute atomic E-state index is 10.3. The van der Waals surface area contributed by atoms with Crippen molar-refractivity contribution >= 4 is 6.09 Å². The van der Waals surface area contributed by atoms with Crippen molar-refractivity contribution in [3.05, 3.63) is 35.9 Å². The minimum absolute atomic E-state index is 0.0454. The van der Waals surface area contributed by atoms with E-state index in [0.29, 0.717) is 19.5 Å². The minimum Gasteiger partial charge on any atom is -0.463 e. The van der Waals surface area contributed by atoms with Gasteiger partial charge in [0.05, 0.1) is 12.6 Å². The highest BCUT2D eigenvalue weighted by Crippen LogP contribution is 2.10. The average molecular weight is 254 g/mol. The molecule has 0 spiro atoms. The molecule has 1 aromatic carbocycles. The van der Waals surface area contributed by atoms with Gasteiger partial charge in [0, 0.05) is 6.54 Å². The minimum atomic E-state index is -1.36. The van der Waals surface area contributed by atoms with Gasteiger partial charge in [0.25, 0.3) is 0 Å². The molecule has 0 aliphatic heterocycles. The van der Waals surface area contributed by atoms with Crippen LogP contribution in [-0.4, -0.2) is 46.2 Å². The van der Waals surface area contributed by atoms with E-state index in [0.717, 1.165) is 5.56 Å². The van der Waals surface area contributed by atoms with Crippen molar-refractivity contribution in [2.45, 2.75) is 12.5 Å². The summed E-state index contributed by atoms with van der Waals surface area (Å²) in [5, 5.41) is 30.3. The zero-order valence-electron chi connectivity index (χ0n) is 9.99. The lowest BCUT2D eigenvalue weighted by atomic mass is 10.1. The molecule has 1 rings (SSSR count). The standard InChI is InChI=1S/C12H18N2O4/c15-11(10-5-2-1-3-6-10)9-13-7-4-8-14(18)12(16)17/h1-3,5-6,11,13,15,18H,4,7-9H2,(H,16,17). The van der Waals surface area contributed by atoms with Crippen molar-refractivity contribution in [2.24, 2.45) is 0 Å². The smallest absolute Gasteiger partial charge is 0.431 e. The molecule has 0 aliphatic carbocycles. The van der Waals surface area contributed by atoms with E-state index in [1.54, 1.807) is 0 Å². The van der Waals surface area contributed by atoms with Gasteiger partial charge in [-0.15, -0.1) is 0 Å². The molecule has 4 N–H and O–H groups in total. The first-order chi connectivity index (χ1) is 8.61. The van der Waals surface area contributed by atoms with Crippen LogP contribution in [0.2, 0.25) is 0 Å². The summed E-state index contributed by atoms with van der Waals surface area (Å²) in [5.74, 6) is 0. The van der Waals surface area contributed by atoms with Crippen molar-refractivity contribution in [2.75, 3.05) is 19.6 Å². The Bertz CT molecular complexity index is 358. The maximum atomic E-state index is 10.3. The van der Waals surface area contributed by atoms with Gasteiger partial charge in [0.1, 0.15) is 0 Å². The average Bonchev–Trinajstić information content (AvgIpc) is 2.38. The number of benzene rings is 1. The highest BCUT2D eigenvalue weighted by atomic mass is 16.6. The zero-order valence-corrected chi connectivity index (χ0v) is 9.99. The Kier molecular flexibility index (Phi) is 6.13. The largest absolute Gasteiger partial charge is 0.463 e. The van der Waals surface area contributed by atoms with Crippen LogP contribution in [0.15, 0.2) is 30.3 Å². The number of rotatable bonds is 7. The predicted molar refractivity (Wildman–Crippen MR) is 65.4 cm³/mol. The van der Waals surface area contributed by atoms with Gasteiger partial charge in [-0.2, -0.15) is 5.06 Å². The molecule has 6 nitrogen and oxygen atoms in total. The van der Waals surface area contributed by atoms with E-state index in [1.165, 1.54) is 0 Å². The van der Waals surface area contributed by atoms with E-state index >= 15 is 0 Å². The van der Waals surface area contributed by atoms with Crippen LogP contribution in [0, 0.1) is 0 Å². The van der Waals surface area contributed by atoms with Crippen molar-refractivity contribution in [1.82, 2.24) is 10.4 Å². The highest BCUT2D eigenvalue weighted by molar-refractivity contribution is 5.63. The molecule has 0 saturated heterocycles. The first-order valence-electron chi connectivity index (χ1n) is 5.74. The molecule has 6 heteroatoms. The fraction of sp³-hybridized carbons (Fsp3) is 0.417. The van der Waals surface area contributed by atoms with Gasteiger partial charge in [0.15, 0.2) is 0 Å². The molecule has 0 bridgehead atoms. The fourth-order valence-electron chi connectivity index (χ4n) is 1.48. The topological polar surface area (TPSA) is 93.0 Å².